The van der Waals surface area contributed by atoms with Crippen LogP contribution >= 0.6 is 23.6 Å². The predicted octanol–water partition coefficient (Wildman–Crippen LogP) is 2.70. The SMILES string of the molecule is Cc1ccc(-n2nnn(C[NH+](C)Cc3nc4ccccc4s3)c2=S)cc1C. The van der Waals surface area contributed by atoms with Crippen LogP contribution in [0.25, 0.3) is 15.9 Å². The van der Waals surface area contributed by atoms with E-state index in [0.29, 0.717) is 11.4 Å². The van der Waals surface area contributed by atoms with Crippen molar-refractivity contribution in [3.8, 4) is 5.69 Å². The maximum absolute atomic E-state index is 5.59. The first kappa shape index (κ1) is 18.0. The van der Waals surface area contributed by atoms with E-state index in [9.17, 15) is 0 Å². The number of benzene rings is 2. The molecule has 0 saturated carbocycles. The Hall–Kier alpha value is -2.42. The molecule has 1 N–H and O–H groups in total. The van der Waals surface area contributed by atoms with Gasteiger partial charge in [0.05, 0.1) is 23.0 Å². The van der Waals surface area contributed by atoms with Crippen molar-refractivity contribution in [2.24, 2.45) is 0 Å². The summed E-state index contributed by atoms with van der Waals surface area (Å²) < 4.78 is 5.31. The summed E-state index contributed by atoms with van der Waals surface area (Å²) in [4.78, 5) is 5.96. The van der Waals surface area contributed by atoms with Crippen molar-refractivity contribution in [3.63, 3.8) is 0 Å². The normalized spacial score (nSPS) is 12.6. The van der Waals surface area contributed by atoms with Gasteiger partial charge in [0, 0.05) is 0 Å². The first-order valence-corrected chi connectivity index (χ1v) is 10.00. The molecule has 2 aromatic carbocycles. The van der Waals surface area contributed by atoms with Crippen LogP contribution in [0.4, 0.5) is 0 Å². The summed E-state index contributed by atoms with van der Waals surface area (Å²) in [6.07, 6.45) is 0. The molecule has 2 heterocycles. The van der Waals surface area contributed by atoms with E-state index in [-0.39, 0.29) is 0 Å². The van der Waals surface area contributed by atoms with E-state index in [0.717, 1.165) is 22.8 Å². The Morgan fingerprint density at radius 2 is 1.89 bits per heavy atom. The van der Waals surface area contributed by atoms with Gasteiger partial charge in [-0.1, -0.05) is 18.2 Å². The molecule has 0 spiro atoms. The number of rotatable bonds is 5. The number of hydrogen-bond donors (Lipinski definition) is 1. The molecule has 0 saturated heterocycles. The van der Waals surface area contributed by atoms with Crippen LogP contribution in [0.1, 0.15) is 16.1 Å². The average Bonchev–Trinajstić information content (AvgIpc) is 3.20. The monoisotopic (exact) mass is 397 g/mol. The Balaban J connectivity index is 1.51. The van der Waals surface area contributed by atoms with Crippen molar-refractivity contribution in [2.75, 3.05) is 7.05 Å². The fourth-order valence-electron chi connectivity index (χ4n) is 2.96. The molecule has 1 atom stereocenters. The van der Waals surface area contributed by atoms with E-state index >= 15 is 0 Å². The van der Waals surface area contributed by atoms with Gasteiger partial charge in [0.2, 0.25) is 4.77 Å². The number of nitrogens with one attached hydrogen (secondary N) is 1. The number of para-hydroxylation sites is 1. The number of quaternary nitrogens is 1. The first-order chi connectivity index (χ1) is 13.0. The Bertz CT molecular complexity index is 1120. The molecule has 8 heteroatoms. The zero-order valence-corrected chi connectivity index (χ0v) is 17.1. The molecule has 138 valence electrons. The van der Waals surface area contributed by atoms with Gasteiger partial charge in [0.15, 0.2) is 6.67 Å². The lowest BCUT2D eigenvalue weighted by atomic mass is 10.1. The van der Waals surface area contributed by atoms with E-state index in [1.807, 2.05) is 18.2 Å². The quantitative estimate of drug-likeness (QED) is 0.526. The summed E-state index contributed by atoms with van der Waals surface area (Å²) in [7, 11) is 2.11. The zero-order chi connectivity index (χ0) is 19.0. The van der Waals surface area contributed by atoms with Crippen LogP contribution in [0.5, 0.6) is 0 Å². The minimum atomic E-state index is 0.599. The second-order valence-corrected chi connectivity index (χ2v) is 8.29. The molecule has 0 fully saturated rings. The number of aryl methyl sites for hydroxylation is 2. The summed E-state index contributed by atoms with van der Waals surface area (Å²) >= 11 is 7.33. The highest BCUT2D eigenvalue weighted by atomic mass is 32.1. The minimum Gasteiger partial charge on any atom is -0.313 e. The number of fused-ring (bicyclic) bond motifs is 1. The highest BCUT2D eigenvalue weighted by Crippen LogP contribution is 2.20. The maximum Gasteiger partial charge on any atom is 0.225 e. The van der Waals surface area contributed by atoms with Gasteiger partial charge < -0.3 is 4.90 Å². The van der Waals surface area contributed by atoms with Gasteiger partial charge in [0.1, 0.15) is 11.6 Å². The molecule has 2 aromatic heterocycles. The van der Waals surface area contributed by atoms with Gasteiger partial charge in [-0.3, -0.25) is 0 Å². The van der Waals surface area contributed by atoms with Crippen molar-refractivity contribution in [1.82, 2.24) is 24.8 Å². The van der Waals surface area contributed by atoms with E-state index in [1.54, 1.807) is 20.7 Å². The van der Waals surface area contributed by atoms with Crippen LogP contribution in [0, 0.1) is 18.6 Å². The lowest BCUT2D eigenvalue weighted by Gasteiger charge is -2.11. The Kier molecular flexibility index (Phi) is 4.86. The number of tetrazole rings is 1. The van der Waals surface area contributed by atoms with Gasteiger partial charge in [0.25, 0.3) is 0 Å². The summed E-state index contributed by atoms with van der Waals surface area (Å²) in [5.74, 6) is 0. The number of thiazole rings is 1. The lowest BCUT2D eigenvalue weighted by Crippen LogP contribution is -3.07. The van der Waals surface area contributed by atoms with Gasteiger partial charge in [-0.2, -0.15) is 9.36 Å². The Labute approximate surface area is 166 Å². The van der Waals surface area contributed by atoms with Gasteiger partial charge in [-0.25, -0.2) is 4.98 Å². The molecule has 4 rings (SSSR count). The maximum atomic E-state index is 5.59. The standard InChI is InChI=1S/C19H20N6S2/c1-13-8-9-15(10-14(13)2)25-19(26)24(21-22-25)12-23(3)11-18-20-16-6-4-5-7-17(16)27-18/h4-10H,11-12H2,1-3H3/p+1. The molecule has 0 aliphatic rings. The van der Waals surface area contributed by atoms with Gasteiger partial charge in [-0.15, -0.1) is 11.3 Å². The second-order valence-electron chi connectivity index (χ2n) is 6.81. The van der Waals surface area contributed by atoms with Crippen LogP contribution in [0.2, 0.25) is 0 Å². The Morgan fingerprint density at radius 1 is 1.07 bits per heavy atom. The van der Waals surface area contributed by atoms with Crippen molar-refractivity contribution < 1.29 is 4.90 Å². The largest absolute Gasteiger partial charge is 0.313 e. The fourth-order valence-corrected chi connectivity index (χ4v) is 4.28. The first-order valence-electron chi connectivity index (χ1n) is 8.77. The van der Waals surface area contributed by atoms with Crippen LogP contribution in [0.3, 0.4) is 0 Å². The third kappa shape index (κ3) is 3.69. The van der Waals surface area contributed by atoms with Crippen molar-refractivity contribution in [3.05, 3.63) is 63.4 Å². The van der Waals surface area contributed by atoms with Gasteiger partial charge >= 0.3 is 0 Å². The molecule has 0 amide bonds. The summed E-state index contributed by atoms with van der Waals surface area (Å²) in [5.41, 5.74) is 4.46. The second kappa shape index (κ2) is 7.30. The summed E-state index contributed by atoms with van der Waals surface area (Å²) in [6, 6.07) is 14.4. The predicted molar refractivity (Wildman–Crippen MR) is 110 cm³/mol. The summed E-state index contributed by atoms with van der Waals surface area (Å²) in [5, 5.41) is 9.62. The average molecular weight is 398 g/mol. The molecule has 0 aliphatic heterocycles. The minimum absolute atomic E-state index is 0.599. The van der Waals surface area contributed by atoms with E-state index in [1.165, 1.54) is 20.7 Å². The van der Waals surface area contributed by atoms with Crippen LogP contribution < -0.4 is 4.90 Å². The molecule has 4 aromatic rings. The number of nitrogens with zero attached hydrogens (tertiary/aromatic N) is 5. The van der Waals surface area contributed by atoms with E-state index in [4.69, 9.17) is 17.2 Å². The van der Waals surface area contributed by atoms with E-state index < -0.39 is 0 Å². The molecule has 27 heavy (non-hydrogen) atoms. The number of aromatic nitrogens is 5. The van der Waals surface area contributed by atoms with Crippen molar-refractivity contribution in [1.29, 1.82) is 0 Å². The fraction of sp³-hybridized carbons (Fsp3) is 0.263. The molecule has 1 unspecified atom stereocenters. The third-order valence-electron chi connectivity index (χ3n) is 4.59. The molecular weight excluding hydrogens is 376 g/mol. The van der Waals surface area contributed by atoms with Gasteiger partial charge in [-0.05, 0) is 71.9 Å². The lowest BCUT2D eigenvalue weighted by molar-refractivity contribution is -0.917. The molecule has 0 bridgehead atoms. The highest BCUT2D eigenvalue weighted by Gasteiger charge is 2.13. The highest BCUT2D eigenvalue weighted by molar-refractivity contribution is 7.71. The summed E-state index contributed by atoms with van der Waals surface area (Å²) in [6.45, 7) is 5.63. The van der Waals surface area contributed by atoms with Crippen LogP contribution in [-0.2, 0) is 13.2 Å². The van der Waals surface area contributed by atoms with Crippen LogP contribution in [0.15, 0.2) is 42.5 Å². The van der Waals surface area contributed by atoms with E-state index in [2.05, 4.69) is 55.6 Å². The van der Waals surface area contributed by atoms with Crippen LogP contribution in [-0.4, -0.2) is 31.8 Å². The van der Waals surface area contributed by atoms with Crippen molar-refractivity contribution >= 4 is 33.8 Å². The molecule has 0 radical (unpaired) electrons. The molecule has 0 aliphatic carbocycles. The molecule has 6 nitrogen and oxygen atoms in total. The smallest absolute Gasteiger partial charge is 0.225 e. The van der Waals surface area contributed by atoms with Crippen molar-refractivity contribution in [2.45, 2.75) is 27.1 Å². The Morgan fingerprint density at radius 3 is 2.67 bits per heavy atom. The molecular formula is C19H21N6S2+. The zero-order valence-electron chi connectivity index (χ0n) is 15.5. The topological polar surface area (TPSA) is 53.0 Å². The third-order valence-corrected chi connectivity index (χ3v) is 6.01. The number of hydrogen-bond acceptors (Lipinski definition) is 5.